The van der Waals surface area contributed by atoms with Crippen LogP contribution in [0.15, 0.2) is 70.7 Å². The first-order valence-electron chi connectivity index (χ1n) is 10.0. The van der Waals surface area contributed by atoms with Gasteiger partial charge in [0.1, 0.15) is 23.0 Å². The lowest BCUT2D eigenvalue weighted by molar-refractivity contribution is 0.283. The van der Waals surface area contributed by atoms with Gasteiger partial charge in [0, 0.05) is 11.6 Å². The third kappa shape index (κ3) is 5.75. The Labute approximate surface area is 193 Å². The summed E-state index contributed by atoms with van der Waals surface area (Å²) in [5.41, 5.74) is 2.67. The van der Waals surface area contributed by atoms with E-state index >= 15 is 0 Å². The van der Waals surface area contributed by atoms with E-state index in [0.29, 0.717) is 29.4 Å². The summed E-state index contributed by atoms with van der Waals surface area (Å²) in [6, 6.07) is 17.6. The van der Waals surface area contributed by atoms with E-state index in [9.17, 15) is 8.42 Å². The van der Waals surface area contributed by atoms with Gasteiger partial charge in [-0.1, -0.05) is 30.3 Å². The van der Waals surface area contributed by atoms with E-state index in [2.05, 4.69) is 9.93 Å². The molecule has 0 radical (unpaired) electrons. The number of benzene rings is 3. The average Bonchev–Trinajstić information content (AvgIpc) is 2.83. The largest absolute Gasteiger partial charge is 0.497 e. The molecule has 3 aromatic rings. The molecule has 0 fully saturated rings. The summed E-state index contributed by atoms with van der Waals surface area (Å²) in [4.78, 5) is 2.11. The number of para-hydroxylation sites is 1. The standard InChI is InChI=1S/C24H26N2O6S/c1-17-8-5-6-9-19(17)16-32-24-18(10-7-11-22(24)31-4)15-25-26-33(27,28)23-14-20(29-2)12-13-21(23)30-3/h5-15,26H,16H2,1-4H3. The summed E-state index contributed by atoms with van der Waals surface area (Å²) in [7, 11) is 0.353. The van der Waals surface area contributed by atoms with Crippen molar-refractivity contribution in [1.29, 1.82) is 0 Å². The van der Waals surface area contributed by atoms with Crippen LogP contribution in [0.3, 0.4) is 0 Å². The van der Waals surface area contributed by atoms with Gasteiger partial charge in [0.2, 0.25) is 0 Å². The maximum atomic E-state index is 12.8. The van der Waals surface area contributed by atoms with Crippen molar-refractivity contribution in [3.8, 4) is 23.0 Å². The van der Waals surface area contributed by atoms with E-state index in [4.69, 9.17) is 18.9 Å². The number of hydrogen-bond acceptors (Lipinski definition) is 7. The van der Waals surface area contributed by atoms with E-state index in [1.165, 1.54) is 39.7 Å². The van der Waals surface area contributed by atoms with E-state index in [1.807, 2.05) is 31.2 Å². The van der Waals surface area contributed by atoms with Gasteiger partial charge < -0.3 is 18.9 Å². The minimum atomic E-state index is -4.02. The SMILES string of the molecule is COc1ccc(OC)c(S(=O)(=O)NN=Cc2cccc(OC)c2OCc2ccccc2C)c1. The predicted octanol–water partition coefficient (Wildman–Crippen LogP) is 3.91. The zero-order chi connectivity index (χ0) is 23.8. The maximum Gasteiger partial charge on any atom is 0.280 e. The summed E-state index contributed by atoms with van der Waals surface area (Å²) in [6.45, 7) is 2.32. The molecule has 33 heavy (non-hydrogen) atoms. The number of hydrazone groups is 1. The summed E-state index contributed by atoms with van der Waals surface area (Å²) in [5, 5.41) is 3.93. The van der Waals surface area contributed by atoms with Crippen molar-refractivity contribution in [2.45, 2.75) is 18.4 Å². The fourth-order valence-electron chi connectivity index (χ4n) is 3.08. The lowest BCUT2D eigenvalue weighted by Crippen LogP contribution is -2.19. The summed E-state index contributed by atoms with van der Waals surface area (Å²) < 4.78 is 47.4. The van der Waals surface area contributed by atoms with Gasteiger partial charge in [0.25, 0.3) is 10.0 Å². The Morgan fingerprint density at radius 3 is 2.36 bits per heavy atom. The highest BCUT2D eigenvalue weighted by Gasteiger charge is 2.20. The second-order valence-electron chi connectivity index (χ2n) is 6.96. The van der Waals surface area contributed by atoms with Crippen molar-refractivity contribution >= 4 is 16.2 Å². The Hall–Kier alpha value is -3.72. The van der Waals surface area contributed by atoms with Crippen LogP contribution in [0.4, 0.5) is 0 Å². The molecule has 0 aromatic heterocycles. The summed E-state index contributed by atoms with van der Waals surface area (Å²) >= 11 is 0. The number of methoxy groups -OCH3 is 3. The third-order valence-corrected chi connectivity index (χ3v) is 6.14. The minimum Gasteiger partial charge on any atom is -0.497 e. The molecule has 0 aliphatic carbocycles. The molecular formula is C24H26N2O6S. The number of ether oxygens (including phenoxy) is 4. The molecule has 0 aliphatic rings. The van der Waals surface area contributed by atoms with E-state index in [0.717, 1.165) is 11.1 Å². The van der Waals surface area contributed by atoms with Gasteiger partial charge in [-0.15, -0.1) is 0 Å². The highest BCUT2D eigenvalue weighted by atomic mass is 32.2. The minimum absolute atomic E-state index is 0.0943. The maximum absolute atomic E-state index is 12.8. The molecule has 9 heteroatoms. The second-order valence-corrected chi connectivity index (χ2v) is 8.59. The molecule has 0 saturated heterocycles. The van der Waals surface area contributed by atoms with Crippen LogP contribution < -0.4 is 23.8 Å². The predicted molar refractivity (Wildman–Crippen MR) is 126 cm³/mol. The Balaban J connectivity index is 1.85. The van der Waals surface area contributed by atoms with E-state index < -0.39 is 10.0 Å². The second kappa shape index (κ2) is 10.7. The molecular weight excluding hydrogens is 444 g/mol. The van der Waals surface area contributed by atoms with Crippen molar-refractivity contribution in [1.82, 2.24) is 4.83 Å². The summed E-state index contributed by atoms with van der Waals surface area (Å²) in [6.07, 6.45) is 1.36. The highest BCUT2D eigenvalue weighted by molar-refractivity contribution is 7.89. The zero-order valence-electron chi connectivity index (χ0n) is 18.9. The van der Waals surface area contributed by atoms with Gasteiger partial charge in [-0.25, -0.2) is 0 Å². The van der Waals surface area contributed by atoms with Crippen LogP contribution in [0.25, 0.3) is 0 Å². The molecule has 3 aromatic carbocycles. The Morgan fingerprint density at radius 2 is 1.67 bits per heavy atom. The molecule has 0 heterocycles. The Kier molecular flexibility index (Phi) is 7.78. The first-order valence-corrected chi connectivity index (χ1v) is 11.5. The summed E-state index contributed by atoms with van der Waals surface area (Å²) in [5.74, 6) is 1.50. The van der Waals surface area contributed by atoms with E-state index in [1.54, 1.807) is 24.3 Å². The number of nitrogens with one attached hydrogen (secondary N) is 1. The quantitative estimate of drug-likeness (QED) is 0.357. The van der Waals surface area contributed by atoms with Crippen molar-refractivity contribution in [3.63, 3.8) is 0 Å². The van der Waals surface area contributed by atoms with Crippen molar-refractivity contribution < 1.29 is 27.4 Å². The van der Waals surface area contributed by atoms with Crippen LogP contribution in [0, 0.1) is 6.92 Å². The number of aryl methyl sites for hydroxylation is 1. The van der Waals surface area contributed by atoms with Gasteiger partial charge in [0.05, 0.1) is 27.5 Å². The topological polar surface area (TPSA) is 95.5 Å². The normalized spacial score (nSPS) is 11.3. The van der Waals surface area contributed by atoms with Gasteiger partial charge in [-0.05, 0) is 42.3 Å². The molecule has 0 atom stereocenters. The van der Waals surface area contributed by atoms with Gasteiger partial charge in [0.15, 0.2) is 11.5 Å². The lowest BCUT2D eigenvalue weighted by atomic mass is 10.1. The monoisotopic (exact) mass is 470 g/mol. The molecule has 0 bridgehead atoms. The van der Waals surface area contributed by atoms with Crippen molar-refractivity contribution in [2.75, 3.05) is 21.3 Å². The molecule has 0 unspecified atom stereocenters. The number of hydrogen-bond donors (Lipinski definition) is 1. The average molecular weight is 471 g/mol. The molecule has 1 N–H and O–H groups in total. The van der Waals surface area contributed by atoms with Crippen LogP contribution in [0.1, 0.15) is 16.7 Å². The number of sulfonamides is 1. The first kappa shape index (κ1) is 23.9. The fourth-order valence-corrected chi connectivity index (χ4v) is 4.06. The molecule has 174 valence electrons. The van der Waals surface area contributed by atoms with Crippen LogP contribution in [0.5, 0.6) is 23.0 Å². The van der Waals surface area contributed by atoms with Crippen LogP contribution in [0.2, 0.25) is 0 Å². The fraction of sp³-hybridized carbons (Fsp3) is 0.208. The number of nitrogens with zero attached hydrogens (tertiary/aromatic N) is 1. The molecule has 0 saturated carbocycles. The first-order chi connectivity index (χ1) is 15.9. The van der Waals surface area contributed by atoms with Crippen molar-refractivity contribution in [3.05, 3.63) is 77.4 Å². The smallest absolute Gasteiger partial charge is 0.280 e. The zero-order valence-corrected chi connectivity index (χ0v) is 19.7. The number of rotatable bonds is 10. The lowest BCUT2D eigenvalue weighted by Gasteiger charge is -2.14. The Morgan fingerprint density at radius 1 is 0.909 bits per heavy atom. The van der Waals surface area contributed by atoms with Crippen molar-refractivity contribution in [2.24, 2.45) is 5.10 Å². The van der Waals surface area contributed by atoms with E-state index in [-0.39, 0.29) is 10.6 Å². The molecule has 0 spiro atoms. The van der Waals surface area contributed by atoms with Gasteiger partial charge in [-0.2, -0.15) is 18.4 Å². The van der Waals surface area contributed by atoms with Gasteiger partial charge in [-0.3, -0.25) is 0 Å². The molecule has 0 amide bonds. The molecule has 3 rings (SSSR count). The molecule has 0 aliphatic heterocycles. The van der Waals surface area contributed by atoms with Gasteiger partial charge >= 0.3 is 0 Å². The van der Waals surface area contributed by atoms with Crippen LogP contribution in [-0.2, 0) is 16.6 Å². The Bertz CT molecular complexity index is 1240. The highest BCUT2D eigenvalue weighted by Crippen LogP contribution is 2.31. The van der Waals surface area contributed by atoms with Crippen LogP contribution >= 0.6 is 0 Å². The van der Waals surface area contributed by atoms with Crippen LogP contribution in [-0.4, -0.2) is 36.0 Å². The third-order valence-electron chi connectivity index (χ3n) is 4.90. The molecule has 8 nitrogen and oxygen atoms in total.